The molecule has 2 rings (SSSR count). The second kappa shape index (κ2) is 7.96. The van der Waals surface area contributed by atoms with Gasteiger partial charge in [-0.3, -0.25) is 14.2 Å². The van der Waals surface area contributed by atoms with Gasteiger partial charge in [0.25, 0.3) is 5.56 Å². The van der Waals surface area contributed by atoms with Gasteiger partial charge in [0.2, 0.25) is 5.91 Å². The molecule has 0 aliphatic heterocycles. The highest BCUT2D eigenvalue weighted by molar-refractivity contribution is 5.75. The molecule has 1 aromatic heterocycles. The van der Waals surface area contributed by atoms with E-state index in [0.29, 0.717) is 12.1 Å². The lowest BCUT2D eigenvalue weighted by Gasteiger charge is -2.09. The van der Waals surface area contributed by atoms with E-state index in [2.05, 4.69) is 10.3 Å². The van der Waals surface area contributed by atoms with Gasteiger partial charge in [0.1, 0.15) is 6.54 Å². The number of unbranched alkanes of at least 4 members (excludes halogenated alkanes) is 1. The molecule has 2 aromatic rings. The first-order chi connectivity index (χ1) is 11.8. The molecule has 0 bridgehead atoms. The minimum Gasteiger partial charge on any atom is -0.355 e. The summed E-state index contributed by atoms with van der Waals surface area (Å²) < 4.78 is 38.8. The quantitative estimate of drug-likeness (QED) is 0.812. The molecule has 0 aliphatic rings. The number of alkyl halides is 3. The minimum absolute atomic E-state index is 0.150. The Morgan fingerprint density at radius 2 is 1.92 bits per heavy atom. The topological polar surface area (TPSA) is 64.0 Å². The van der Waals surface area contributed by atoms with E-state index in [-0.39, 0.29) is 18.1 Å². The molecule has 0 saturated heterocycles. The summed E-state index contributed by atoms with van der Waals surface area (Å²) in [5, 5.41) is 2.69. The van der Waals surface area contributed by atoms with E-state index >= 15 is 0 Å². The zero-order chi connectivity index (χ0) is 18.4. The SMILES string of the molecule is CCCCNC(=O)Cn1cnc(-c2ccc(C(F)(F)F)cc2)cc1=O. The number of amides is 1. The van der Waals surface area contributed by atoms with Crippen molar-refractivity contribution in [1.29, 1.82) is 0 Å². The van der Waals surface area contributed by atoms with Crippen LogP contribution in [0.4, 0.5) is 13.2 Å². The summed E-state index contributed by atoms with van der Waals surface area (Å²) in [5.41, 5.74) is -0.574. The van der Waals surface area contributed by atoms with Crippen molar-refractivity contribution in [2.45, 2.75) is 32.5 Å². The number of hydrogen-bond donors (Lipinski definition) is 1. The lowest BCUT2D eigenvalue weighted by molar-refractivity contribution is -0.137. The summed E-state index contributed by atoms with van der Waals surface area (Å²) in [5.74, 6) is -0.292. The van der Waals surface area contributed by atoms with Gasteiger partial charge in [-0.05, 0) is 18.6 Å². The van der Waals surface area contributed by atoms with Crippen LogP contribution in [0, 0.1) is 0 Å². The summed E-state index contributed by atoms with van der Waals surface area (Å²) in [4.78, 5) is 27.8. The molecule has 0 saturated carbocycles. The summed E-state index contributed by atoms with van der Waals surface area (Å²) >= 11 is 0. The Kier molecular flexibility index (Phi) is 5.95. The number of nitrogens with one attached hydrogen (secondary N) is 1. The van der Waals surface area contributed by atoms with Crippen molar-refractivity contribution >= 4 is 5.91 Å². The summed E-state index contributed by atoms with van der Waals surface area (Å²) in [6, 6.07) is 5.58. The van der Waals surface area contributed by atoms with E-state index in [9.17, 15) is 22.8 Å². The molecule has 1 N–H and O–H groups in total. The normalized spacial score (nSPS) is 11.4. The summed E-state index contributed by atoms with van der Waals surface area (Å²) in [7, 11) is 0. The van der Waals surface area contributed by atoms with Gasteiger partial charge in [-0.1, -0.05) is 25.5 Å². The van der Waals surface area contributed by atoms with Crippen molar-refractivity contribution < 1.29 is 18.0 Å². The molecule has 5 nitrogen and oxygen atoms in total. The molecule has 0 fully saturated rings. The predicted molar refractivity (Wildman–Crippen MR) is 86.9 cm³/mol. The average molecular weight is 353 g/mol. The van der Waals surface area contributed by atoms with Crippen LogP contribution in [0.3, 0.4) is 0 Å². The van der Waals surface area contributed by atoms with Crippen LogP contribution in [0.5, 0.6) is 0 Å². The van der Waals surface area contributed by atoms with E-state index in [1.165, 1.54) is 24.5 Å². The van der Waals surface area contributed by atoms with Crippen molar-refractivity contribution in [1.82, 2.24) is 14.9 Å². The molecule has 25 heavy (non-hydrogen) atoms. The highest BCUT2D eigenvalue weighted by Crippen LogP contribution is 2.30. The Morgan fingerprint density at radius 1 is 1.24 bits per heavy atom. The first-order valence-corrected chi connectivity index (χ1v) is 7.82. The van der Waals surface area contributed by atoms with Crippen LogP contribution in [-0.4, -0.2) is 22.0 Å². The van der Waals surface area contributed by atoms with Crippen molar-refractivity contribution in [3.8, 4) is 11.3 Å². The molecule has 8 heteroatoms. The average Bonchev–Trinajstić information content (AvgIpc) is 2.56. The van der Waals surface area contributed by atoms with Gasteiger partial charge in [-0.25, -0.2) is 4.98 Å². The fraction of sp³-hybridized carbons (Fsp3) is 0.353. The molecule has 134 valence electrons. The van der Waals surface area contributed by atoms with Crippen LogP contribution in [0.25, 0.3) is 11.3 Å². The molecule has 0 spiro atoms. The first kappa shape index (κ1) is 18.7. The number of nitrogens with zero attached hydrogens (tertiary/aromatic N) is 2. The highest BCUT2D eigenvalue weighted by Gasteiger charge is 2.30. The van der Waals surface area contributed by atoms with Gasteiger partial charge in [0.05, 0.1) is 17.6 Å². The number of hydrogen-bond acceptors (Lipinski definition) is 3. The van der Waals surface area contributed by atoms with Gasteiger partial charge < -0.3 is 5.32 Å². The molecule has 1 amide bonds. The standard InChI is InChI=1S/C17H18F3N3O2/c1-2-3-8-21-15(24)10-23-11-22-14(9-16(23)25)12-4-6-13(7-5-12)17(18,19)20/h4-7,9,11H,2-3,8,10H2,1H3,(H,21,24). The molecule has 0 aliphatic carbocycles. The van der Waals surface area contributed by atoms with E-state index in [4.69, 9.17) is 0 Å². The van der Waals surface area contributed by atoms with Gasteiger partial charge in [0, 0.05) is 18.2 Å². The fourth-order valence-electron chi connectivity index (χ4n) is 2.15. The van der Waals surface area contributed by atoms with Crippen LogP contribution in [0.2, 0.25) is 0 Å². The van der Waals surface area contributed by atoms with E-state index in [1.54, 1.807) is 0 Å². The maximum absolute atomic E-state index is 12.6. The number of aromatic nitrogens is 2. The Bertz CT molecular complexity index is 783. The van der Waals surface area contributed by atoms with Crippen molar-refractivity contribution in [2.75, 3.05) is 6.54 Å². The van der Waals surface area contributed by atoms with Gasteiger partial charge in [-0.2, -0.15) is 13.2 Å². The minimum atomic E-state index is -4.42. The Hall–Kier alpha value is -2.64. The third kappa shape index (κ3) is 5.17. The lowest BCUT2D eigenvalue weighted by Crippen LogP contribution is -2.32. The molecular formula is C17H18F3N3O2. The van der Waals surface area contributed by atoms with Crippen molar-refractivity contribution in [2.24, 2.45) is 0 Å². The summed E-state index contributed by atoms with van der Waals surface area (Å²) in [6.45, 7) is 2.39. The zero-order valence-corrected chi connectivity index (χ0v) is 13.6. The van der Waals surface area contributed by atoms with Crippen LogP contribution < -0.4 is 10.9 Å². The van der Waals surface area contributed by atoms with E-state index < -0.39 is 17.3 Å². The molecule has 0 unspecified atom stereocenters. The first-order valence-electron chi connectivity index (χ1n) is 7.82. The Balaban J connectivity index is 2.11. The predicted octanol–water partition coefficient (Wildman–Crippen LogP) is 2.85. The Morgan fingerprint density at radius 3 is 2.48 bits per heavy atom. The van der Waals surface area contributed by atoms with Gasteiger partial charge >= 0.3 is 6.18 Å². The third-order valence-corrected chi connectivity index (χ3v) is 3.55. The molecule has 1 aromatic carbocycles. The molecule has 0 radical (unpaired) electrons. The van der Waals surface area contributed by atoms with Gasteiger partial charge in [0.15, 0.2) is 0 Å². The number of halogens is 3. The van der Waals surface area contributed by atoms with Crippen LogP contribution in [0.15, 0.2) is 41.5 Å². The third-order valence-electron chi connectivity index (χ3n) is 3.55. The lowest BCUT2D eigenvalue weighted by atomic mass is 10.1. The summed E-state index contributed by atoms with van der Waals surface area (Å²) in [6.07, 6.45) is -1.40. The fourth-order valence-corrected chi connectivity index (χ4v) is 2.15. The maximum Gasteiger partial charge on any atom is 0.416 e. The molecular weight excluding hydrogens is 335 g/mol. The molecule has 1 heterocycles. The van der Waals surface area contributed by atoms with Crippen LogP contribution >= 0.6 is 0 Å². The monoisotopic (exact) mass is 353 g/mol. The van der Waals surface area contributed by atoms with Crippen LogP contribution in [0.1, 0.15) is 25.3 Å². The zero-order valence-electron chi connectivity index (χ0n) is 13.6. The van der Waals surface area contributed by atoms with Crippen molar-refractivity contribution in [3.05, 3.63) is 52.6 Å². The molecule has 0 atom stereocenters. The van der Waals surface area contributed by atoms with Crippen LogP contribution in [-0.2, 0) is 17.5 Å². The Labute approximate surface area is 142 Å². The highest BCUT2D eigenvalue weighted by atomic mass is 19.4. The largest absolute Gasteiger partial charge is 0.416 e. The smallest absolute Gasteiger partial charge is 0.355 e. The number of rotatable bonds is 6. The van der Waals surface area contributed by atoms with E-state index in [1.807, 2.05) is 6.92 Å². The second-order valence-electron chi connectivity index (χ2n) is 5.52. The van der Waals surface area contributed by atoms with Gasteiger partial charge in [-0.15, -0.1) is 0 Å². The number of carbonyl (C=O) groups excluding carboxylic acids is 1. The number of carbonyl (C=O) groups is 1. The maximum atomic E-state index is 12.6. The van der Waals surface area contributed by atoms with Crippen molar-refractivity contribution in [3.63, 3.8) is 0 Å². The van der Waals surface area contributed by atoms with E-state index in [0.717, 1.165) is 29.5 Å². The second-order valence-corrected chi connectivity index (χ2v) is 5.52. The number of benzene rings is 1.